The zero-order valence-corrected chi connectivity index (χ0v) is 14.3. The van der Waals surface area contributed by atoms with Crippen molar-refractivity contribution in [2.24, 2.45) is 7.05 Å². The van der Waals surface area contributed by atoms with Gasteiger partial charge in [0.25, 0.3) is 0 Å². The smallest absolute Gasteiger partial charge is 0.220 e. The van der Waals surface area contributed by atoms with Crippen LogP contribution in [0.25, 0.3) is 28.6 Å². The van der Waals surface area contributed by atoms with E-state index in [0.717, 1.165) is 29.8 Å². The van der Waals surface area contributed by atoms with Crippen molar-refractivity contribution in [2.75, 3.05) is 7.11 Å². The van der Waals surface area contributed by atoms with Crippen LogP contribution in [0.15, 0.2) is 23.0 Å². The standard InChI is InChI=1S/C16H16N8O2/c1-23-11(8-17-22-23)13-12(9-4-3-5-9)14(25-2)16-19-18-15(24(16)20-13)10-6-7-26-21-10/h6-9H,3-5H2,1-2H3. The molecule has 1 aliphatic carbocycles. The highest BCUT2D eigenvalue weighted by Gasteiger charge is 2.32. The first-order valence-corrected chi connectivity index (χ1v) is 8.37. The fourth-order valence-electron chi connectivity index (χ4n) is 3.36. The number of nitrogens with zero attached hydrogens (tertiary/aromatic N) is 8. The molecule has 4 aromatic rings. The molecule has 0 N–H and O–H groups in total. The zero-order chi connectivity index (χ0) is 17.7. The van der Waals surface area contributed by atoms with Crippen molar-refractivity contribution in [3.8, 4) is 28.7 Å². The molecule has 0 aliphatic heterocycles. The topological polar surface area (TPSA) is 109 Å². The summed E-state index contributed by atoms with van der Waals surface area (Å²) in [5.74, 6) is 1.55. The molecule has 26 heavy (non-hydrogen) atoms. The third-order valence-corrected chi connectivity index (χ3v) is 4.89. The largest absolute Gasteiger partial charge is 0.492 e. The number of rotatable bonds is 4. The minimum atomic E-state index is 0.375. The van der Waals surface area contributed by atoms with E-state index in [1.165, 1.54) is 12.7 Å². The second-order valence-electron chi connectivity index (χ2n) is 6.31. The number of fused-ring (bicyclic) bond motifs is 1. The number of hydrogen-bond donors (Lipinski definition) is 0. The summed E-state index contributed by atoms with van der Waals surface area (Å²) in [7, 11) is 3.49. The molecule has 0 spiro atoms. The Labute approximate surface area is 147 Å². The van der Waals surface area contributed by atoms with Gasteiger partial charge in [-0.2, -0.15) is 9.61 Å². The fourth-order valence-corrected chi connectivity index (χ4v) is 3.36. The Kier molecular flexibility index (Phi) is 3.24. The van der Waals surface area contributed by atoms with Gasteiger partial charge in [-0.05, 0) is 18.8 Å². The molecule has 1 saturated carbocycles. The van der Waals surface area contributed by atoms with Gasteiger partial charge in [0.05, 0.1) is 13.3 Å². The van der Waals surface area contributed by atoms with E-state index in [1.807, 2.05) is 7.05 Å². The molecular weight excluding hydrogens is 336 g/mol. The fraction of sp³-hybridized carbons (Fsp3) is 0.375. The first kappa shape index (κ1) is 15.0. The van der Waals surface area contributed by atoms with Gasteiger partial charge in [-0.15, -0.1) is 15.3 Å². The molecule has 1 fully saturated rings. The first-order valence-electron chi connectivity index (χ1n) is 8.37. The van der Waals surface area contributed by atoms with Gasteiger partial charge in [0.15, 0.2) is 11.4 Å². The van der Waals surface area contributed by atoms with E-state index in [-0.39, 0.29) is 0 Å². The quantitative estimate of drug-likeness (QED) is 0.547. The highest BCUT2D eigenvalue weighted by atomic mass is 16.5. The van der Waals surface area contributed by atoms with Gasteiger partial charge >= 0.3 is 0 Å². The molecule has 0 unspecified atom stereocenters. The van der Waals surface area contributed by atoms with Gasteiger partial charge < -0.3 is 9.26 Å². The van der Waals surface area contributed by atoms with Crippen LogP contribution < -0.4 is 4.74 Å². The first-order chi connectivity index (χ1) is 12.8. The van der Waals surface area contributed by atoms with Crippen molar-refractivity contribution in [3.63, 3.8) is 0 Å². The van der Waals surface area contributed by atoms with E-state index >= 15 is 0 Å². The lowest BCUT2D eigenvalue weighted by Crippen LogP contribution is -2.15. The van der Waals surface area contributed by atoms with E-state index in [9.17, 15) is 0 Å². The van der Waals surface area contributed by atoms with Crippen molar-refractivity contribution >= 4 is 5.65 Å². The highest BCUT2D eigenvalue weighted by Crippen LogP contribution is 2.46. The Morgan fingerprint density at radius 3 is 2.77 bits per heavy atom. The SMILES string of the molecule is COc1c(C2CCC2)c(-c2cnnn2C)nn2c(-c3ccon3)nnc12. The molecule has 0 atom stereocenters. The van der Waals surface area contributed by atoms with Crippen LogP contribution in [0.3, 0.4) is 0 Å². The number of aromatic nitrogens is 8. The van der Waals surface area contributed by atoms with Crippen LogP contribution in [0.2, 0.25) is 0 Å². The third kappa shape index (κ3) is 2.04. The Balaban J connectivity index is 1.85. The van der Waals surface area contributed by atoms with Crippen LogP contribution >= 0.6 is 0 Å². The Morgan fingerprint density at radius 1 is 1.27 bits per heavy atom. The molecule has 0 radical (unpaired) electrons. The van der Waals surface area contributed by atoms with Gasteiger partial charge in [0.2, 0.25) is 11.5 Å². The van der Waals surface area contributed by atoms with Gasteiger partial charge in [0, 0.05) is 18.7 Å². The Bertz CT molecular complexity index is 1080. The summed E-state index contributed by atoms with van der Waals surface area (Å²) in [5, 5.41) is 25.4. The second kappa shape index (κ2) is 5.61. The van der Waals surface area contributed by atoms with Gasteiger partial charge in [-0.3, -0.25) is 0 Å². The molecule has 132 valence electrons. The van der Waals surface area contributed by atoms with E-state index in [2.05, 4.69) is 25.7 Å². The minimum absolute atomic E-state index is 0.375. The number of ether oxygens (including phenoxy) is 1. The maximum atomic E-state index is 5.77. The second-order valence-corrected chi connectivity index (χ2v) is 6.31. The Hall–Kier alpha value is -3.30. The molecular formula is C16H16N8O2. The summed E-state index contributed by atoms with van der Waals surface area (Å²) in [6.45, 7) is 0. The van der Waals surface area contributed by atoms with Crippen LogP contribution in [0, 0.1) is 0 Å². The minimum Gasteiger partial charge on any atom is -0.492 e. The maximum absolute atomic E-state index is 5.77. The molecule has 1 aliphatic rings. The van der Waals surface area contributed by atoms with Gasteiger partial charge in [-0.25, -0.2) is 4.68 Å². The van der Waals surface area contributed by atoms with Crippen LogP contribution in [-0.4, -0.2) is 47.1 Å². The number of methoxy groups -OCH3 is 1. The van der Waals surface area contributed by atoms with Crippen molar-refractivity contribution < 1.29 is 9.26 Å². The summed E-state index contributed by atoms with van der Waals surface area (Å²) in [6, 6.07) is 1.72. The zero-order valence-electron chi connectivity index (χ0n) is 14.3. The predicted octanol–water partition coefficient (Wildman–Crippen LogP) is 1.85. The molecule has 5 rings (SSSR count). The summed E-state index contributed by atoms with van der Waals surface area (Å²) < 4.78 is 14.1. The average Bonchev–Trinajstić information content (AvgIpc) is 3.32. The summed E-state index contributed by atoms with van der Waals surface area (Å²) in [6.07, 6.45) is 6.57. The van der Waals surface area contributed by atoms with Crippen LogP contribution in [0.4, 0.5) is 0 Å². The lowest BCUT2D eigenvalue weighted by molar-refractivity contribution is 0.373. The third-order valence-electron chi connectivity index (χ3n) is 4.89. The normalized spacial score (nSPS) is 14.7. The van der Waals surface area contributed by atoms with Crippen molar-refractivity contribution in [1.29, 1.82) is 0 Å². The Morgan fingerprint density at radius 2 is 2.15 bits per heavy atom. The highest BCUT2D eigenvalue weighted by molar-refractivity contribution is 5.72. The predicted molar refractivity (Wildman–Crippen MR) is 89.4 cm³/mol. The molecule has 0 saturated heterocycles. The van der Waals surface area contributed by atoms with E-state index in [1.54, 1.807) is 28.6 Å². The summed E-state index contributed by atoms with van der Waals surface area (Å²) in [5.41, 5.74) is 3.74. The molecule has 10 nitrogen and oxygen atoms in total. The van der Waals surface area contributed by atoms with Crippen molar-refractivity contribution in [2.45, 2.75) is 25.2 Å². The van der Waals surface area contributed by atoms with Crippen LogP contribution in [-0.2, 0) is 7.05 Å². The lowest BCUT2D eigenvalue weighted by Gasteiger charge is -2.28. The van der Waals surface area contributed by atoms with E-state index in [4.69, 9.17) is 14.4 Å². The molecule has 0 bridgehead atoms. The summed E-state index contributed by atoms with van der Waals surface area (Å²) in [4.78, 5) is 0. The molecule has 4 aromatic heterocycles. The molecule has 0 amide bonds. The van der Waals surface area contributed by atoms with Crippen molar-refractivity contribution in [3.05, 3.63) is 24.1 Å². The molecule has 10 heteroatoms. The lowest BCUT2D eigenvalue weighted by atomic mass is 9.78. The van der Waals surface area contributed by atoms with Gasteiger partial charge in [-0.1, -0.05) is 16.8 Å². The molecule has 0 aromatic carbocycles. The number of aryl methyl sites for hydroxylation is 1. The molecule has 4 heterocycles. The van der Waals surface area contributed by atoms with Crippen LogP contribution in [0.1, 0.15) is 30.7 Å². The average molecular weight is 352 g/mol. The maximum Gasteiger partial charge on any atom is 0.220 e. The van der Waals surface area contributed by atoms with E-state index < -0.39 is 0 Å². The van der Waals surface area contributed by atoms with E-state index in [0.29, 0.717) is 28.8 Å². The number of hydrogen-bond acceptors (Lipinski definition) is 8. The van der Waals surface area contributed by atoms with Crippen molar-refractivity contribution in [1.82, 2.24) is 40.0 Å². The summed E-state index contributed by atoms with van der Waals surface area (Å²) >= 11 is 0. The van der Waals surface area contributed by atoms with Gasteiger partial charge in [0.1, 0.15) is 17.7 Å². The monoisotopic (exact) mass is 352 g/mol. The van der Waals surface area contributed by atoms with Crippen LogP contribution in [0.5, 0.6) is 5.75 Å².